The second-order valence-corrected chi connectivity index (χ2v) is 8.63. The number of anilines is 2. The number of pyridine rings is 1. The summed E-state index contributed by atoms with van der Waals surface area (Å²) in [6, 6.07) is 12.4. The van der Waals surface area contributed by atoms with Crippen LogP contribution in [0.4, 0.5) is 16.2 Å². The number of hydrogen-bond donors (Lipinski definition) is 4. The van der Waals surface area contributed by atoms with E-state index >= 15 is 0 Å². The smallest absolute Gasteiger partial charge is 0.323 e. The molecule has 0 aliphatic carbocycles. The zero-order valence-electron chi connectivity index (χ0n) is 17.1. The van der Waals surface area contributed by atoms with Crippen molar-refractivity contribution in [1.82, 2.24) is 10.3 Å². The van der Waals surface area contributed by atoms with Gasteiger partial charge in [-0.25, -0.2) is 13.2 Å². The Morgan fingerprint density at radius 1 is 0.969 bits per heavy atom. The van der Waals surface area contributed by atoms with Gasteiger partial charge in [0, 0.05) is 31.3 Å². The zero-order chi connectivity index (χ0) is 23.3. The average molecular weight is 456 g/mol. The first-order valence-electron chi connectivity index (χ1n) is 9.23. The molecule has 1 aromatic heterocycles. The van der Waals surface area contributed by atoms with E-state index in [-0.39, 0.29) is 27.9 Å². The van der Waals surface area contributed by atoms with Crippen molar-refractivity contribution in [2.24, 2.45) is 0 Å². The highest BCUT2D eigenvalue weighted by Gasteiger charge is 2.13. The Morgan fingerprint density at radius 3 is 2.34 bits per heavy atom. The van der Waals surface area contributed by atoms with E-state index in [1.165, 1.54) is 37.5 Å². The van der Waals surface area contributed by atoms with Crippen molar-refractivity contribution in [3.63, 3.8) is 0 Å². The minimum atomic E-state index is -3.50. The summed E-state index contributed by atoms with van der Waals surface area (Å²) >= 11 is 0. The molecule has 3 amide bonds. The monoisotopic (exact) mass is 456 g/mol. The number of sulfone groups is 1. The molecule has 0 unspecified atom stereocenters. The Hall–Kier alpha value is -4.12. The van der Waals surface area contributed by atoms with Gasteiger partial charge in [0.25, 0.3) is 5.91 Å². The quantitative estimate of drug-likeness (QED) is 0.417. The molecule has 3 rings (SSSR count). The minimum absolute atomic E-state index is 0.0391. The number of phenols is 1. The number of nitrogens with one attached hydrogen (secondary N) is 3. The summed E-state index contributed by atoms with van der Waals surface area (Å²) in [7, 11) is -2.00. The van der Waals surface area contributed by atoms with Gasteiger partial charge in [-0.1, -0.05) is 0 Å². The van der Waals surface area contributed by atoms with E-state index in [9.17, 15) is 23.1 Å². The fourth-order valence-corrected chi connectivity index (χ4v) is 3.25. The molecule has 0 saturated heterocycles. The molecule has 11 heteroatoms. The van der Waals surface area contributed by atoms with Gasteiger partial charge in [0.15, 0.2) is 9.84 Å². The molecule has 0 saturated carbocycles. The molecule has 0 bridgehead atoms. The van der Waals surface area contributed by atoms with Crippen LogP contribution in [-0.4, -0.2) is 43.8 Å². The summed E-state index contributed by atoms with van der Waals surface area (Å²) in [5.74, 6) is 0.265. The molecular weight excluding hydrogens is 436 g/mol. The van der Waals surface area contributed by atoms with Gasteiger partial charge < -0.3 is 25.8 Å². The number of hydrogen-bond acceptors (Lipinski definition) is 7. The zero-order valence-corrected chi connectivity index (χ0v) is 17.9. The van der Waals surface area contributed by atoms with E-state index in [0.29, 0.717) is 17.2 Å². The Bertz CT molecular complexity index is 1260. The summed E-state index contributed by atoms with van der Waals surface area (Å²) in [5, 5.41) is 17.3. The molecule has 4 N–H and O–H groups in total. The molecule has 3 aromatic rings. The van der Waals surface area contributed by atoms with Crippen molar-refractivity contribution >= 4 is 33.2 Å². The highest BCUT2D eigenvalue weighted by molar-refractivity contribution is 7.90. The van der Waals surface area contributed by atoms with Crippen LogP contribution in [0.15, 0.2) is 65.7 Å². The van der Waals surface area contributed by atoms with Crippen molar-refractivity contribution < 1.29 is 27.9 Å². The predicted octanol–water partition coefficient (Wildman–Crippen LogP) is 2.99. The van der Waals surface area contributed by atoms with Gasteiger partial charge in [0.05, 0.1) is 10.6 Å². The van der Waals surface area contributed by atoms with Gasteiger partial charge >= 0.3 is 6.03 Å². The average Bonchev–Trinajstić information content (AvgIpc) is 2.75. The van der Waals surface area contributed by atoms with Crippen LogP contribution in [0.1, 0.15) is 10.5 Å². The molecule has 0 aliphatic heterocycles. The molecule has 0 radical (unpaired) electrons. The number of carbonyl (C=O) groups excluding carboxylic acids is 2. The number of rotatable bonds is 6. The molecule has 1 heterocycles. The maximum Gasteiger partial charge on any atom is 0.323 e. The highest BCUT2D eigenvalue weighted by atomic mass is 32.2. The second kappa shape index (κ2) is 9.35. The SMILES string of the molecule is CNC(=O)c1cc(Oc2ccc(NC(=O)Nc3cc(S(C)(=O)=O)ccc3O)cc2)ccn1. The van der Waals surface area contributed by atoms with Crippen molar-refractivity contribution in [3.05, 3.63) is 66.5 Å². The number of urea groups is 1. The van der Waals surface area contributed by atoms with Crippen LogP contribution < -0.4 is 20.7 Å². The second-order valence-electron chi connectivity index (χ2n) is 6.61. The van der Waals surface area contributed by atoms with E-state index in [4.69, 9.17) is 4.74 Å². The Labute approximate surface area is 184 Å². The summed E-state index contributed by atoms with van der Waals surface area (Å²) in [5.41, 5.74) is 0.590. The van der Waals surface area contributed by atoms with Crippen LogP contribution in [0.5, 0.6) is 17.2 Å². The maximum atomic E-state index is 12.2. The molecule has 10 nitrogen and oxygen atoms in total. The van der Waals surface area contributed by atoms with Crippen molar-refractivity contribution in [2.45, 2.75) is 4.90 Å². The summed E-state index contributed by atoms with van der Waals surface area (Å²) in [6.45, 7) is 0. The van der Waals surface area contributed by atoms with Crippen molar-refractivity contribution in [3.8, 4) is 17.2 Å². The van der Waals surface area contributed by atoms with Crippen molar-refractivity contribution in [1.29, 1.82) is 0 Å². The molecule has 0 fully saturated rings. The van der Waals surface area contributed by atoms with E-state index in [0.717, 1.165) is 6.26 Å². The Morgan fingerprint density at radius 2 is 1.69 bits per heavy atom. The van der Waals surface area contributed by atoms with Gasteiger partial charge in [-0.3, -0.25) is 9.78 Å². The molecule has 0 aliphatic rings. The number of nitrogens with zero attached hydrogens (tertiary/aromatic N) is 1. The first kappa shape index (κ1) is 22.6. The lowest BCUT2D eigenvalue weighted by molar-refractivity contribution is 0.0957. The fourth-order valence-electron chi connectivity index (χ4n) is 2.60. The maximum absolute atomic E-state index is 12.2. The number of phenolic OH excluding ortho intramolecular Hbond substituents is 1. The number of aromatic hydroxyl groups is 1. The lowest BCUT2D eigenvalue weighted by Crippen LogP contribution is -2.19. The van der Waals surface area contributed by atoms with E-state index in [1.54, 1.807) is 30.3 Å². The normalized spacial score (nSPS) is 10.8. The minimum Gasteiger partial charge on any atom is -0.506 e. The predicted molar refractivity (Wildman–Crippen MR) is 118 cm³/mol. The Kier molecular flexibility index (Phi) is 6.59. The standard InChI is InChI=1S/C21H20N4O6S/c1-22-20(27)18-11-15(9-10-23-18)31-14-5-3-13(4-6-14)24-21(28)25-17-12-16(32(2,29)30)7-8-19(17)26/h3-12,26H,1-2H3,(H,22,27)(H2,24,25,28). The largest absolute Gasteiger partial charge is 0.506 e. The molecule has 0 spiro atoms. The van der Waals surface area contributed by atoms with Gasteiger partial charge in [0.2, 0.25) is 0 Å². The van der Waals surface area contributed by atoms with E-state index in [2.05, 4.69) is 20.9 Å². The summed E-state index contributed by atoms with van der Waals surface area (Å²) < 4.78 is 29.0. The van der Waals surface area contributed by atoms with Crippen LogP contribution in [0.3, 0.4) is 0 Å². The third-order valence-corrected chi connectivity index (χ3v) is 5.29. The summed E-state index contributed by atoms with van der Waals surface area (Å²) in [4.78, 5) is 27.8. The van der Waals surface area contributed by atoms with E-state index < -0.39 is 15.9 Å². The molecular formula is C21H20N4O6S. The number of benzene rings is 2. The number of ether oxygens (including phenoxy) is 1. The van der Waals surface area contributed by atoms with Gasteiger partial charge in [0.1, 0.15) is 22.9 Å². The lowest BCUT2D eigenvalue weighted by Gasteiger charge is -2.11. The van der Waals surface area contributed by atoms with Gasteiger partial charge in [-0.15, -0.1) is 0 Å². The van der Waals surface area contributed by atoms with Gasteiger partial charge in [-0.05, 0) is 48.5 Å². The van der Waals surface area contributed by atoms with Gasteiger partial charge in [-0.2, -0.15) is 0 Å². The molecule has 0 atom stereocenters. The van der Waals surface area contributed by atoms with Crippen LogP contribution in [0.25, 0.3) is 0 Å². The molecule has 166 valence electrons. The Balaban J connectivity index is 1.65. The third kappa shape index (κ3) is 5.73. The van der Waals surface area contributed by atoms with Crippen LogP contribution in [0, 0.1) is 0 Å². The highest BCUT2D eigenvalue weighted by Crippen LogP contribution is 2.27. The fraction of sp³-hybridized carbons (Fsp3) is 0.0952. The first-order chi connectivity index (χ1) is 15.2. The topological polar surface area (TPSA) is 147 Å². The number of amides is 3. The number of aromatic nitrogens is 1. The van der Waals surface area contributed by atoms with Crippen LogP contribution >= 0.6 is 0 Å². The number of carbonyl (C=O) groups is 2. The van der Waals surface area contributed by atoms with Crippen LogP contribution in [0.2, 0.25) is 0 Å². The van der Waals surface area contributed by atoms with Crippen molar-refractivity contribution in [2.75, 3.05) is 23.9 Å². The van der Waals surface area contributed by atoms with E-state index in [1.807, 2.05) is 0 Å². The van der Waals surface area contributed by atoms with Crippen LogP contribution in [-0.2, 0) is 9.84 Å². The first-order valence-corrected chi connectivity index (χ1v) is 11.1. The third-order valence-electron chi connectivity index (χ3n) is 4.18. The summed E-state index contributed by atoms with van der Waals surface area (Å²) in [6.07, 6.45) is 2.48. The molecule has 2 aromatic carbocycles. The lowest BCUT2D eigenvalue weighted by atomic mass is 10.3. The molecule has 32 heavy (non-hydrogen) atoms.